The SMILES string of the molecule is CCCCCCCCCCCCCC/C=C/C(O)C(COC1OC(CO)C(O)C(O)C1O)NC(=O)CCCCCCCCCCCCCCCCCCCCCCCCCCCCCCCCCCCCCCCCCOC(=O)CCCCCCCCCCCCCC. The minimum absolute atomic E-state index is 0.0201. The third-order valence-electron chi connectivity index (χ3n) is 20.2. The van der Waals surface area contributed by atoms with E-state index in [1.807, 2.05) is 6.08 Å². The van der Waals surface area contributed by atoms with E-state index in [4.69, 9.17) is 14.2 Å². The summed E-state index contributed by atoms with van der Waals surface area (Å²) in [5, 5.41) is 54.6. The summed E-state index contributed by atoms with van der Waals surface area (Å²) in [7, 11) is 0. The summed E-state index contributed by atoms with van der Waals surface area (Å²) in [6.07, 6.45) is 81.1. The quantitative estimate of drug-likeness (QED) is 0.0195. The zero-order chi connectivity index (χ0) is 67.2. The minimum atomic E-state index is -1.57. The number of esters is 1. The zero-order valence-electron chi connectivity index (χ0n) is 61.8. The number of aliphatic hydroxyl groups is 5. The molecule has 1 heterocycles. The fourth-order valence-corrected chi connectivity index (χ4v) is 13.7. The Morgan fingerprint density at radius 1 is 0.387 bits per heavy atom. The van der Waals surface area contributed by atoms with Crippen LogP contribution in [-0.4, -0.2) is 100 Å². The van der Waals surface area contributed by atoms with Gasteiger partial charge in [0.1, 0.15) is 24.4 Å². The van der Waals surface area contributed by atoms with Gasteiger partial charge in [-0.3, -0.25) is 9.59 Å². The second-order valence-corrected chi connectivity index (χ2v) is 29.2. The molecule has 0 aromatic carbocycles. The summed E-state index contributed by atoms with van der Waals surface area (Å²) in [5.41, 5.74) is 0. The summed E-state index contributed by atoms with van der Waals surface area (Å²) in [6.45, 7) is 4.41. The lowest BCUT2D eigenvalue weighted by Crippen LogP contribution is -2.60. The van der Waals surface area contributed by atoms with Crippen molar-refractivity contribution in [2.45, 2.75) is 480 Å². The predicted molar refractivity (Wildman–Crippen MR) is 394 cm³/mol. The van der Waals surface area contributed by atoms with E-state index in [2.05, 4.69) is 19.2 Å². The van der Waals surface area contributed by atoms with Gasteiger partial charge in [0.05, 0.1) is 32.0 Å². The molecule has 93 heavy (non-hydrogen) atoms. The molecule has 1 amide bonds. The maximum absolute atomic E-state index is 13.1. The molecule has 1 aliphatic rings. The van der Waals surface area contributed by atoms with Crippen LogP contribution >= 0.6 is 0 Å². The molecule has 0 aromatic rings. The summed E-state index contributed by atoms with van der Waals surface area (Å²) in [4.78, 5) is 25.2. The first kappa shape index (κ1) is 89.4. The number of hydrogen-bond donors (Lipinski definition) is 6. The highest BCUT2D eigenvalue weighted by Gasteiger charge is 2.44. The van der Waals surface area contributed by atoms with Crippen LogP contribution in [0.3, 0.4) is 0 Å². The average molecular weight is 1320 g/mol. The van der Waals surface area contributed by atoms with Gasteiger partial charge in [-0.25, -0.2) is 0 Å². The van der Waals surface area contributed by atoms with E-state index in [1.165, 1.54) is 360 Å². The molecule has 1 fully saturated rings. The Morgan fingerprint density at radius 3 is 1.00 bits per heavy atom. The average Bonchev–Trinajstić information content (AvgIpc) is 0.900. The monoisotopic (exact) mass is 1320 g/mol. The Kier molecular flexibility index (Phi) is 68.9. The third kappa shape index (κ3) is 60.1. The topological polar surface area (TPSA) is 175 Å². The lowest BCUT2D eigenvalue weighted by Gasteiger charge is -2.40. The Balaban J connectivity index is 1.88. The van der Waals surface area contributed by atoms with Gasteiger partial charge in [-0.1, -0.05) is 405 Å². The Morgan fingerprint density at radius 2 is 0.677 bits per heavy atom. The maximum atomic E-state index is 13.1. The van der Waals surface area contributed by atoms with Crippen molar-refractivity contribution in [3.05, 3.63) is 12.2 Å². The first-order chi connectivity index (χ1) is 45.7. The molecule has 11 heteroatoms. The standard InChI is InChI=1S/C82H159NO10/c1-3-5-7-9-11-13-15-17-45-48-52-56-60-64-68-75(85)74(73-92-82-81(90)80(89)79(88)76(72-84)93-82)83-77(86)69-65-61-57-53-49-46-43-41-39-37-35-33-31-29-27-25-23-21-19-18-20-22-24-26-28-30-32-34-36-38-40-42-44-47-51-55-59-63-67-71-91-78(87)70-66-62-58-54-50-16-14-12-10-8-6-4-2/h64,68,74-76,79-82,84-85,88-90H,3-63,65-67,69-73H2,1-2H3,(H,83,86)/b68-64+. The van der Waals surface area contributed by atoms with Crippen molar-refractivity contribution in [3.8, 4) is 0 Å². The van der Waals surface area contributed by atoms with Gasteiger partial charge < -0.3 is 45.1 Å². The lowest BCUT2D eigenvalue weighted by atomic mass is 9.99. The highest BCUT2D eigenvalue weighted by molar-refractivity contribution is 5.76. The number of nitrogens with one attached hydrogen (secondary N) is 1. The number of hydrogen-bond acceptors (Lipinski definition) is 10. The van der Waals surface area contributed by atoms with Crippen LogP contribution in [-0.2, 0) is 23.8 Å². The molecule has 0 spiro atoms. The fourth-order valence-electron chi connectivity index (χ4n) is 13.7. The molecule has 6 N–H and O–H groups in total. The first-order valence-corrected chi connectivity index (χ1v) is 41.5. The highest BCUT2D eigenvalue weighted by atomic mass is 16.7. The van der Waals surface area contributed by atoms with E-state index in [0.29, 0.717) is 19.4 Å². The van der Waals surface area contributed by atoms with Crippen molar-refractivity contribution in [2.24, 2.45) is 0 Å². The van der Waals surface area contributed by atoms with Crippen LogP contribution in [0, 0.1) is 0 Å². The van der Waals surface area contributed by atoms with Gasteiger partial charge in [0.15, 0.2) is 6.29 Å². The van der Waals surface area contributed by atoms with Gasteiger partial charge in [-0.2, -0.15) is 0 Å². The van der Waals surface area contributed by atoms with Gasteiger partial charge >= 0.3 is 5.97 Å². The summed E-state index contributed by atoms with van der Waals surface area (Å²) in [5.74, 6) is -0.152. The highest BCUT2D eigenvalue weighted by Crippen LogP contribution is 2.24. The number of amides is 1. The second kappa shape index (κ2) is 71.7. The Hall–Kier alpha value is -1.60. The number of carbonyl (C=O) groups is 2. The molecule has 0 aromatic heterocycles. The molecule has 1 aliphatic heterocycles. The minimum Gasteiger partial charge on any atom is -0.466 e. The van der Waals surface area contributed by atoms with Crippen molar-refractivity contribution in [2.75, 3.05) is 19.8 Å². The summed E-state index contributed by atoms with van der Waals surface area (Å²) >= 11 is 0. The molecule has 7 atom stereocenters. The van der Waals surface area contributed by atoms with E-state index in [9.17, 15) is 35.1 Å². The Bertz CT molecular complexity index is 1550. The number of allylic oxidation sites excluding steroid dienone is 1. The molecule has 0 radical (unpaired) electrons. The summed E-state index contributed by atoms with van der Waals surface area (Å²) in [6, 6.07) is -0.805. The van der Waals surface area contributed by atoms with Crippen LogP contribution in [0.4, 0.5) is 0 Å². The fraction of sp³-hybridized carbons (Fsp3) is 0.951. The zero-order valence-corrected chi connectivity index (χ0v) is 61.8. The maximum Gasteiger partial charge on any atom is 0.305 e. The van der Waals surface area contributed by atoms with Crippen molar-refractivity contribution in [1.29, 1.82) is 0 Å². The molecule has 552 valence electrons. The van der Waals surface area contributed by atoms with Crippen LogP contribution in [0.25, 0.3) is 0 Å². The van der Waals surface area contributed by atoms with Gasteiger partial charge in [-0.15, -0.1) is 0 Å². The van der Waals surface area contributed by atoms with Crippen molar-refractivity contribution in [3.63, 3.8) is 0 Å². The van der Waals surface area contributed by atoms with E-state index in [1.54, 1.807) is 6.08 Å². The molecule has 7 unspecified atom stereocenters. The number of ether oxygens (including phenoxy) is 3. The predicted octanol–water partition coefficient (Wildman–Crippen LogP) is 22.5. The van der Waals surface area contributed by atoms with Crippen LogP contribution in [0.15, 0.2) is 12.2 Å². The number of aliphatic hydroxyl groups excluding tert-OH is 5. The number of rotatable bonds is 75. The van der Waals surface area contributed by atoms with Crippen LogP contribution in [0.1, 0.15) is 438 Å². The van der Waals surface area contributed by atoms with Gasteiger partial charge in [0.2, 0.25) is 5.91 Å². The molecular formula is C82H159NO10. The molecule has 0 saturated carbocycles. The number of unbranched alkanes of at least 4 members (excludes halogenated alkanes) is 61. The number of carbonyl (C=O) groups excluding carboxylic acids is 2. The Labute approximate surface area is 576 Å². The van der Waals surface area contributed by atoms with Crippen LogP contribution < -0.4 is 5.32 Å². The van der Waals surface area contributed by atoms with Crippen molar-refractivity contribution < 1.29 is 49.3 Å². The van der Waals surface area contributed by atoms with Gasteiger partial charge in [-0.05, 0) is 32.1 Å². The van der Waals surface area contributed by atoms with E-state index >= 15 is 0 Å². The third-order valence-corrected chi connectivity index (χ3v) is 20.2. The summed E-state index contributed by atoms with van der Waals surface area (Å²) < 4.78 is 16.8. The van der Waals surface area contributed by atoms with E-state index < -0.39 is 49.5 Å². The molecular weight excluding hydrogens is 1160 g/mol. The second-order valence-electron chi connectivity index (χ2n) is 29.2. The lowest BCUT2D eigenvalue weighted by molar-refractivity contribution is -0.302. The van der Waals surface area contributed by atoms with Crippen molar-refractivity contribution >= 4 is 11.9 Å². The molecule has 11 nitrogen and oxygen atoms in total. The van der Waals surface area contributed by atoms with E-state index in [0.717, 1.165) is 51.4 Å². The van der Waals surface area contributed by atoms with Gasteiger partial charge in [0, 0.05) is 12.8 Å². The van der Waals surface area contributed by atoms with Crippen molar-refractivity contribution in [1.82, 2.24) is 5.32 Å². The molecule has 1 rings (SSSR count). The first-order valence-electron chi connectivity index (χ1n) is 41.5. The smallest absolute Gasteiger partial charge is 0.305 e. The van der Waals surface area contributed by atoms with E-state index in [-0.39, 0.29) is 18.5 Å². The molecule has 1 saturated heterocycles. The largest absolute Gasteiger partial charge is 0.466 e. The molecule has 0 bridgehead atoms. The molecule has 0 aliphatic carbocycles. The normalized spacial score (nSPS) is 17.4. The van der Waals surface area contributed by atoms with Crippen LogP contribution in [0.5, 0.6) is 0 Å². The van der Waals surface area contributed by atoms with Crippen LogP contribution in [0.2, 0.25) is 0 Å². The van der Waals surface area contributed by atoms with Gasteiger partial charge in [0.25, 0.3) is 0 Å².